The summed E-state index contributed by atoms with van der Waals surface area (Å²) in [7, 11) is 0. The van der Waals surface area contributed by atoms with Gasteiger partial charge in [0.25, 0.3) is 0 Å². The van der Waals surface area contributed by atoms with Crippen LogP contribution in [0.2, 0.25) is 0 Å². The van der Waals surface area contributed by atoms with Gasteiger partial charge in [-0.05, 0) is 24.3 Å². The molecule has 19 heavy (non-hydrogen) atoms. The molecule has 0 amide bonds. The number of halogens is 2. The van der Waals surface area contributed by atoms with E-state index in [9.17, 15) is 0 Å². The molecule has 0 bridgehead atoms. The molecule has 0 saturated heterocycles. The summed E-state index contributed by atoms with van der Waals surface area (Å²) < 4.78 is 7.76. The Kier molecular flexibility index (Phi) is 4.96. The van der Waals surface area contributed by atoms with Crippen molar-refractivity contribution >= 4 is 49.1 Å². The van der Waals surface area contributed by atoms with Crippen LogP contribution in [0.1, 0.15) is 11.1 Å². The van der Waals surface area contributed by atoms with Crippen molar-refractivity contribution in [1.82, 2.24) is 0 Å². The van der Waals surface area contributed by atoms with E-state index in [1.165, 1.54) is 0 Å². The second-order valence-electron chi connectivity index (χ2n) is 3.88. The molecule has 5 heteroatoms. The Morgan fingerprint density at radius 2 is 1.89 bits per heavy atom. The van der Waals surface area contributed by atoms with Crippen LogP contribution in [0.25, 0.3) is 0 Å². The van der Waals surface area contributed by atoms with E-state index in [1.54, 1.807) is 0 Å². The molecule has 0 atom stereocenters. The van der Waals surface area contributed by atoms with Crippen LogP contribution in [0, 0.1) is 0 Å². The van der Waals surface area contributed by atoms with Crippen LogP contribution >= 0.6 is 44.1 Å². The van der Waals surface area contributed by atoms with Gasteiger partial charge in [-0.15, -0.1) is 0 Å². The van der Waals surface area contributed by atoms with E-state index in [4.69, 9.17) is 22.7 Å². The molecule has 2 aromatic carbocycles. The molecule has 0 unspecified atom stereocenters. The van der Waals surface area contributed by atoms with Gasteiger partial charge >= 0.3 is 0 Å². The molecule has 2 N–H and O–H groups in total. The van der Waals surface area contributed by atoms with Crippen molar-refractivity contribution in [3.05, 3.63) is 62.5 Å². The number of thiocarbonyl (C=S) groups is 1. The number of hydrogen-bond donors (Lipinski definition) is 1. The molecule has 0 fully saturated rings. The molecule has 2 aromatic rings. The third-order valence-electron chi connectivity index (χ3n) is 2.55. The van der Waals surface area contributed by atoms with Crippen LogP contribution in [-0.2, 0) is 6.61 Å². The number of ether oxygens (including phenoxy) is 1. The second kappa shape index (κ2) is 6.50. The largest absolute Gasteiger partial charge is 0.488 e. The van der Waals surface area contributed by atoms with Gasteiger partial charge in [-0.1, -0.05) is 62.3 Å². The van der Waals surface area contributed by atoms with E-state index >= 15 is 0 Å². The molecule has 0 aromatic heterocycles. The monoisotopic (exact) mass is 399 g/mol. The fourth-order valence-corrected chi connectivity index (χ4v) is 2.50. The fourth-order valence-electron chi connectivity index (χ4n) is 1.59. The maximum absolute atomic E-state index is 5.82. The lowest BCUT2D eigenvalue weighted by atomic mass is 10.2. The molecule has 0 aliphatic carbocycles. The molecule has 0 spiro atoms. The molecule has 0 saturated carbocycles. The summed E-state index contributed by atoms with van der Waals surface area (Å²) in [6, 6.07) is 13.5. The zero-order valence-corrected chi connectivity index (χ0v) is 13.9. The Bertz CT molecular complexity index is 616. The predicted molar refractivity (Wildman–Crippen MR) is 88.5 cm³/mol. The van der Waals surface area contributed by atoms with E-state index in [0.717, 1.165) is 20.1 Å². The van der Waals surface area contributed by atoms with Gasteiger partial charge in [-0.25, -0.2) is 0 Å². The molecular formula is C14H11Br2NOS. The lowest BCUT2D eigenvalue weighted by Crippen LogP contribution is -2.11. The summed E-state index contributed by atoms with van der Waals surface area (Å²) in [5.41, 5.74) is 7.50. The van der Waals surface area contributed by atoms with Crippen LogP contribution in [0.5, 0.6) is 5.75 Å². The Hall–Kier alpha value is -0.910. The van der Waals surface area contributed by atoms with Crippen LogP contribution in [0.15, 0.2) is 51.4 Å². The van der Waals surface area contributed by atoms with E-state index in [0.29, 0.717) is 17.3 Å². The molecule has 0 radical (unpaired) electrons. The van der Waals surface area contributed by atoms with E-state index in [-0.39, 0.29) is 0 Å². The first kappa shape index (κ1) is 14.5. The molecule has 0 aliphatic rings. The zero-order chi connectivity index (χ0) is 13.8. The third kappa shape index (κ3) is 3.78. The van der Waals surface area contributed by atoms with Crippen molar-refractivity contribution in [2.45, 2.75) is 6.61 Å². The molecule has 2 nitrogen and oxygen atoms in total. The van der Waals surface area contributed by atoms with Crippen LogP contribution in [-0.4, -0.2) is 4.99 Å². The zero-order valence-electron chi connectivity index (χ0n) is 9.90. The molecule has 0 heterocycles. The van der Waals surface area contributed by atoms with Crippen LogP contribution in [0.3, 0.4) is 0 Å². The maximum atomic E-state index is 5.82. The van der Waals surface area contributed by atoms with Crippen LogP contribution < -0.4 is 10.5 Å². The van der Waals surface area contributed by atoms with Crippen molar-refractivity contribution < 1.29 is 4.74 Å². The average Bonchev–Trinajstić information content (AvgIpc) is 2.37. The molecule has 2 rings (SSSR count). The summed E-state index contributed by atoms with van der Waals surface area (Å²) in [5, 5.41) is 0. The van der Waals surface area contributed by atoms with Gasteiger partial charge in [0.2, 0.25) is 0 Å². The second-order valence-corrected chi connectivity index (χ2v) is 6.09. The predicted octanol–water partition coefficient (Wildman–Crippen LogP) is 4.42. The number of hydrogen-bond acceptors (Lipinski definition) is 2. The summed E-state index contributed by atoms with van der Waals surface area (Å²) >= 11 is 11.9. The smallest absolute Gasteiger partial charge is 0.131 e. The topological polar surface area (TPSA) is 35.2 Å². The number of rotatable bonds is 4. The van der Waals surface area contributed by atoms with Gasteiger partial charge in [-0.2, -0.15) is 0 Å². The Morgan fingerprint density at radius 1 is 1.16 bits per heavy atom. The number of nitrogens with two attached hydrogens (primary N) is 1. The lowest BCUT2D eigenvalue weighted by Gasteiger charge is -2.12. The lowest BCUT2D eigenvalue weighted by molar-refractivity contribution is 0.305. The summed E-state index contributed by atoms with van der Waals surface area (Å²) in [6.45, 7) is 0.452. The van der Waals surface area contributed by atoms with Gasteiger partial charge in [0.15, 0.2) is 0 Å². The highest BCUT2D eigenvalue weighted by molar-refractivity contribution is 9.10. The molecule has 98 valence electrons. The van der Waals surface area contributed by atoms with Gasteiger partial charge in [-0.3, -0.25) is 0 Å². The van der Waals surface area contributed by atoms with Crippen molar-refractivity contribution in [1.29, 1.82) is 0 Å². The average molecular weight is 401 g/mol. The van der Waals surface area contributed by atoms with Gasteiger partial charge < -0.3 is 10.5 Å². The Balaban J connectivity index is 2.22. The Morgan fingerprint density at radius 3 is 2.58 bits per heavy atom. The van der Waals surface area contributed by atoms with Gasteiger partial charge in [0.1, 0.15) is 17.3 Å². The van der Waals surface area contributed by atoms with Crippen molar-refractivity contribution in [2.75, 3.05) is 0 Å². The summed E-state index contributed by atoms with van der Waals surface area (Å²) in [4.78, 5) is 0.328. The summed E-state index contributed by atoms with van der Waals surface area (Å²) in [6.07, 6.45) is 0. The standard InChI is InChI=1S/C14H11Br2NOS/c15-10-5-6-11(14(17)19)13(7-10)18-8-9-3-1-2-4-12(9)16/h1-7H,8H2,(H2,17,19). The first-order chi connectivity index (χ1) is 9.08. The quantitative estimate of drug-likeness (QED) is 0.771. The Labute approximate surface area is 134 Å². The summed E-state index contributed by atoms with van der Waals surface area (Å²) in [5.74, 6) is 0.678. The first-order valence-electron chi connectivity index (χ1n) is 5.53. The van der Waals surface area contributed by atoms with Crippen molar-refractivity contribution in [2.24, 2.45) is 5.73 Å². The highest BCUT2D eigenvalue weighted by atomic mass is 79.9. The minimum Gasteiger partial charge on any atom is -0.488 e. The molecule has 0 aliphatic heterocycles. The highest BCUT2D eigenvalue weighted by Gasteiger charge is 2.08. The van der Waals surface area contributed by atoms with E-state index < -0.39 is 0 Å². The first-order valence-corrected chi connectivity index (χ1v) is 7.53. The van der Waals surface area contributed by atoms with E-state index in [2.05, 4.69) is 31.9 Å². The minimum absolute atomic E-state index is 0.328. The van der Waals surface area contributed by atoms with Crippen molar-refractivity contribution in [3.8, 4) is 5.75 Å². The number of benzene rings is 2. The van der Waals surface area contributed by atoms with E-state index in [1.807, 2.05) is 42.5 Å². The van der Waals surface area contributed by atoms with Crippen molar-refractivity contribution in [3.63, 3.8) is 0 Å². The van der Waals surface area contributed by atoms with Crippen LogP contribution in [0.4, 0.5) is 0 Å². The minimum atomic E-state index is 0.328. The maximum Gasteiger partial charge on any atom is 0.131 e. The fraction of sp³-hybridized carbons (Fsp3) is 0.0714. The van der Waals surface area contributed by atoms with Gasteiger partial charge in [0, 0.05) is 14.5 Å². The van der Waals surface area contributed by atoms with Gasteiger partial charge in [0.05, 0.1) is 5.56 Å². The normalized spacial score (nSPS) is 10.2. The third-order valence-corrected chi connectivity index (χ3v) is 4.04. The highest BCUT2D eigenvalue weighted by Crippen LogP contribution is 2.26. The SMILES string of the molecule is NC(=S)c1ccc(Br)cc1OCc1ccccc1Br. The molecular weight excluding hydrogens is 390 g/mol.